The van der Waals surface area contributed by atoms with Crippen molar-refractivity contribution in [2.45, 2.75) is 6.42 Å². The van der Waals surface area contributed by atoms with Crippen molar-refractivity contribution in [3.63, 3.8) is 0 Å². The number of benzene rings is 1. The van der Waals surface area contributed by atoms with E-state index in [4.69, 9.17) is 4.42 Å². The van der Waals surface area contributed by atoms with Gasteiger partial charge < -0.3 is 14.7 Å². The van der Waals surface area contributed by atoms with Crippen molar-refractivity contribution in [1.29, 1.82) is 0 Å². The van der Waals surface area contributed by atoms with Crippen LogP contribution in [0.2, 0.25) is 0 Å². The molecule has 2 N–H and O–H groups in total. The smallest absolute Gasteiger partial charge is 0.294 e. The molecule has 148 valence electrons. The van der Waals surface area contributed by atoms with Gasteiger partial charge in [-0.25, -0.2) is 4.39 Å². The summed E-state index contributed by atoms with van der Waals surface area (Å²) in [6, 6.07) is 7.81. The summed E-state index contributed by atoms with van der Waals surface area (Å²) < 4.78 is 18.6. The van der Waals surface area contributed by atoms with Crippen LogP contribution in [0.5, 0.6) is 0 Å². The molecule has 9 heteroatoms. The number of rotatable bonds is 6. The van der Waals surface area contributed by atoms with E-state index < -0.39 is 17.1 Å². The molecule has 0 spiro atoms. The molecule has 0 bridgehead atoms. The Morgan fingerprint density at radius 1 is 1.31 bits per heavy atom. The predicted molar refractivity (Wildman–Crippen MR) is 106 cm³/mol. The summed E-state index contributed by atoms with van der Waals surface area (Å²) in [5.41, 5.74) is 1.68. The van der Waals surface area contributed by atoms with Gasteiger partial charge in [0.1, 0.15) is 18.1 Å². The van der Waals surface area contributed by atoms with E-state index in [9.17, 15) is 18.8 Å². The van der Waals surface area contributed by atoms with Crippen molar-refractivity contribution in [3.05, 3.63) is 64.8 Å². The average molecular weight is 413 g/mol. The molecule has 1 saturated heterocycles. The van der Waals surface area contributed by atoms with E-state index >= 15 is 0 Å². The Kier molecular flexibility index (Phi) is 5.22. The normalized spacial score (nSPS) is 15.6. The molecule has 29 heavy (non-hydrogen) atoms. The fourth-order valence-corrected chi connectivity index (χ4v) is 3.85. The Hall–Kier alpha value is -3.33. The summed E-state index contributed by atoms with van der Waals surface area (Å²) >= 11 is 0.766. The fourth-order valence-electron chi connectivity index (χ4n) is 3.03. The SMILES string of the molecule is O=C(CN1C(=O)S/C(=C\c2ccco2)C1=O)NCCc1c[nH]c2ccc(F)cc12. The summed E-state index contributed by atoms with van der Waals surface area (Å²) in [6.45, 7) is -0.0660. The highest BCUT2D eigenvalue weighted by Gasteiger charge is 2.36. The zero-order chi connectivity index (χ0) is 20.4. The van der Waals surface area contributed by atoms with E-state index in [1.54, 1.807) is 24.4 Å². The number of imide groups is 1. The number of carbonyl (C=O) groups excluding carboxylic acids is 3. The van der Waals surface area contributed by atoms with E-state index in [0.717, 1.165) is 33.1 Å². The van der Waals surface area contributed by atoms with Gasteiger partial charge in [0.25, 0.3) is 11.1 Å². The molecule has 0 aliphatic carbocycles. The molecule has 1 aliphatic heterocycles. The second kappa shape index (κ2) is 7.96. The molecule has 1 aromatic carbocycles. The topological polar surface area (TPSA) is 95.4 Å². The number of hydrogen-bond acceptors (Lipinski definition) is 5. The summed E-state index contributed by atoms with van der Waals surface area (Å²) in [4.78, 5) is 40.8. The maximum absolute atomic E-state index is 13.4. The fraction of sp³-hybridized carbons (Fsp3) is 0.150. The molecular weight excluding hydrogens is 397 g/mol. The Morgan fingerprint density at radius 3 is 2.97 bits per heavy atom. The number of nitrogens with zero attached hydrogens (tertiary/aromatic N) is 1. The number of aromatic nitrogens is 1. The van der Waals surface area contributed by atoms with Gasteiger partial charge in [-0.2, -0.15) is 0 Å². The average Bonchev–Trinajstić information content (AvgIpc) is 3.40. The molecule has 0 saturated carbocycles. The lowest BCUT2D eigenvalue weighted by Crippen LogP contribution is -2.40. The van der Waals surface area contributed by atoms with Crippen molar-refractivity contribution in [2.24, 2.45) is 0 Å². The lowest BCUT2D eigenvalue weighted by molar-refractivity contribution is -0.129. The number of fused-ring (bicyclic) bond motifs is 1. The zero-order valence-corrected chi connectivity index (χ0v) is 15.9. The third-order valence-electron chi connectivity index (χ3n) is 4.44. The van der Waals surface area contributed by atoms with Crippen LogP contribution in [-0.4, -0.2) is 40.0 Å². The number of carbonyl (C=O) groups is 3. The van der Waals surface area contributed by atoms with Crippen LogP contribution in [0.1, 0.15) is 11.3 Å². The van der Waals surface area contributed by atoms with Gasteiger partial charge in [0.2, 0.25) is 5.91 Å². The lowest BCUT2D eigenvalue weighted by Gasteiger charge is -2.12. The Balaban J connectivity index is 1.33. The summed E-state index contributed by atoms with van der Waals surface area (Å²) in [7, 11) is 0. The van der Waals surface area contributed by atoms with Crippen LogP contribution in [0.25, 0.3) is 17.0 Å². The molecule has 0 radical (unpaired) electrons. The Bertz CT molecular complexity index is 1120. The van der Waals surface area contributed by atoms with E-state index in [0.29, 0.717) is 18.7 Å². The first-order valence-corrected chi connectivity index (χ1v) is 9.64. The highest BCUT2D eigenvalue weighted by atomic mass is 32.2. The number of thioether (sulfide) groups is 1. The summed E-state index contributed by atoms with van der Waals surface area (Å²) in [5, 5.41) is 2.94. The van der Waals surface area contributed by atoms with Gasteiger partial charge in [-0.3, -0.25) is 19.3 Å². The molecule has 1 aliphatic rings. The molecule has 2 aromatic heterocycles. The molecule has 0 unspecified atom stereocenters. The maximum atomic E-state index is 13.4. The number of aromatic amines is 1. The largest absolute Gasteiger partial charge is 0.465 e. The summed E-state index contributed by atoms with van der Waals surface area (Å²) in [6.07, 6.45) is 5.19. The quantitative estimate of drug-likeness (QED) is 0.605. The van der Waals surface area contributed by atoms with Crippen LogP contribution in [0.15, 0.2) is 52.1 Å². The van der Waals surface area contributed by atoms with Crippen LogP contribution in [0.3, 0.4) is 0 Å². The standard InChI is InChI=1S/C20H16FN3O4S/c21-13-3-4-16-15(8-13)12(10-23-16)5-6-22-18(25)11-24-19(26)17(29-20(24)27)9-14-2-1-7-28-14/h1-4,7-10,23H,5-6,11H2,(H,22,25)/b17-9-. The molecule has 3 amide bonds. The van der Waals surface area contributed by atoms with Crippen LogP contribution >= 0.6 is 11.8 Å². The molecule has 3 aromatic rings. The highest BCUT2D eigenvalue weighted by molar-refractivity contribution is 8.18. The van der Waals surface area contributed by atoms with Crippen molar-refractivity contribution in [2.75, 3.05) is 13.1 Å². The van der Waals surface area contributed by atoms with Gasteiger partial charge in [-0.15, -0.1) is 0 Å². The van der Waals surface area contributed by atoms with Gasteiger partial charge in [-0.1, -0.05) is 0 Å². The second-order valence-corrected chi connectivity index (χ2v) is 7.38. The number of nitrogens with one attached hydrogen (secondary N) is 2. The predicted octanol–water partition coefficient (Wildman–Crippen LogP) is 3.30. The minimum absolute atomic E-state index is 0.207. The minimum Gasteiger partial charge on any atom is -0.465 e. The van der Waals surface area contributed by atoms with Crippen molar-refractivity contribution >= 4 is 45.8 Å². The van der Waals surface area contributed by atoms with Crippen LogP contribution in [0.4, 0.5) is 9.18 Å². The molecular formula is C20H16FN3O4S. The minimum atomic E-state index is -0.529. The third kappa shape index (κ3) is 4.09. The van der Waals surface area contributed by atoms with Crippen LogP contribution in [0, 0.1) is 5.82 Å². The number of H-pyrrole nitrogens is 1. The second-order valence-electron chi connectivity index (χ2n) is 6.39. The monoisotopic (exact) mass is 413 g/mol. The number of amides is 3. The molecule has 1 fully saturated rings. The van der Waals surface area contributed by atoms with Gasteiger partial charge in [-0.05, 0) is 54.1 Å². The van der Waals surface area contributed by atoms with Gasteiger partial charge in [0, 0.05) is 29.7 Å². The van der Waals surface area contributed by atoms with E-state index in [1.807, 2.05) is 0 Å². The van der Waals surface area contributed by atoms with E-state index in [-0.39, 0.29) is 17.3 Å². The Morgan fingerprint density at radius 2 is 2.17 bits per heavy atom. The molecule has 4 rings (SSSR count). The van der Waals surface area contributed by atoms with E-state index in [1.165, 1.54) is 24.5 Å². The number of halogens is 1. The molecule has 7 nitrogen and oxygen atoms in total. The van der Waals surface area contributed by atoms with E-state index in [2.05, 4.69) is 10.3 Å². The highest BCUT2D eigenvalue weighted by Crippen LogP contribution is 2.32. The van der Waals surface area contributed by atoms with Crippen LogP contribution in [-0.2, 0) is 16.0 Å². The summed E-state index contributed by atoms with van der Waals surface area (Å²) in [5.74, 6) is -0.851. The number of hydrogen-bond donors (Lipinski definition) is 2. The van der Waals surface area contributed by atoms with Crippen molar-refractivity contribution in [3.8, 4) is 0 Å². The number of furan rings is 1. The lowest BCUT2D eigenvalue weighted by atomic mass is 10.1. The third-order valence-corrected chi connectivity index (χ3v) is 5.35. The van der Waals surface area contributed by atoms with Crippen molar-refractivity contribution in [1.82, 2.24) is 15.2 Å². The first kappa shape index (κ1) is 19.0. The van der Waals surface area contributed by atoms with Crippen LogP contribution < -0.4 is 5.32 Å². The maximum Gasteiger partial charge on any atom is 0.294 e. The van der Waals surface area contributed by atoms with Gasteiger partial charge >= 0.3 is 0 Å². The van der Waals surface area contributed by atoms with Crippen molar-refractivity contribution < 1.29 is 23.2 Å². The first-order chi connectivity index (χ1) is 14.0. The molecule has 0 atom stereocenters. The van der Waals surface area contributed by atoms with Gasteiger partial charge in [0.05, 0.1) is 11.2 Å². The van der Waals surface area contributed by atoms with Gasteiger partial charge in [0.15, 0.2) is 0 Å². The molecule has 3 heterocycles. The Labute approximate surface area is 168 Å². The first-order valence-electron chi connectivity index (χ1n) is 8.82. The zero-order valence-electron chi connectivity index (χ0n) is 15.1.